The number of hydrogen-bond acceptors (Lipinski definition) is 5. The lowest BCUT2D eigenvalue weighted by molar-refractivity contribution is 0.100. The molecule has 4 nitrogen and oxygen atoms in total. The molecule has 84 valence electrons. The maximum absolute atomic E-state index is 11.6. The van der Waals surface area contributed by atoms with Crippen LogP contribution in [0.15, 0.2) is 46.3 Å². The van der Waals surface area contributed by atoms with E-state index in [1.165, 1.54) is 6.39 Å². The van der Waals surface area contributed by atoms with Crippen LogP contribution in [0.4, 0.5) is 0 Å². The van der Waals surface area contributed by atoms with E-state index in [-0.39, 0.29) is 12.3 Å². The Bertz CT molecular complexity index is 555. The Morgan fingerprint density at radius 3 is 2.76 bits per heavy atom. The summed E-state index contributed by atoms with van der Waals surface area (Å²) in [5.41, 5.74) is 1.46. The standard InChI is InChI=1S/C12H8N2O2S/c15-11(5-14-8-17)9-1-3-10(4-2-9)12-6-13-7-16-12/h1-4,6-7H,5H2. The van der Waals surface area contributed by atoms with Crippen LogP contribution in [0.5, 0.6) is 0 Å². The van der Waals surface area contributed by atoms with Crippen molar-refractivity contribution in [1.29, 1.82) is 0 Å². The number of aromatic nitrogens is 1. The monoisotopic (exact) mass is 244 g/mol. The minimum atomic E-state index is -0.0912. The number of rotatable bonds is 4. The molecule has 0 aliphatic heterocycles. The van der Waals surface area contributed by atoms with Gasteiger partial charge in [-0.3, -0.25) is 4.79 Å². The summed E-state index contributed by atoms with van der Waals surface area (Å²) in [7, 11) is 0. The number of ketones is 1. The zero-order chi connectivity index (χ0) is 12.1. The van der Waals surface area contributed by atoms with Crippen LogP contribution in [0, 0.1) is 0 Å². The third-order valence-corrected chi connectivity index (χ3v) is 2.34. The average Bonchev–Trinajstić information content (AvgIpc) is 2.90. The summed E-state index contributed by atoms with van der Waals surface area (Å²) in [5, 5.41) is 2.17. The molecule has 0 aliphatic rings. The van der Waals surface area contributed by atoms with E-state index in [9.17, 15) is 4.79 Å². The summed E-state index contributed by atoms with van der Waals surface area (Å²) in [6.07, 6.45) is 2.98. The summed E-state index contributed by atoms with van der Waals surface area (Å²) >= 11 is 4.41. The molecule has 0 amide bonds. The molecule has 5 heteroatoms. The fourth-order valence-electron chi connectivity index (χ4n) is 1.37. The van der Waals surface area contributed by atoms with Gasteiger partial charge >= 0.3 is 0 Å². The molecule has 0 bridgehead atoms. The molecule has 1 aromatic heterocycles. The molecule has 0 fully saturated rings. The molecule has 0 saturated carbocycles. The predicted molar refractivity (Wildman–Crippen MR) is 66.2 cm³/mol. The van der Waals surface area contributed by atoms with Crippen LogP contribution in [0.2, 0.25) is 0 Å². The van der Waals surface area contributed by atoms with Gasteiger partial charge in [-0.25, -0.2) is 9.98 Å². The van der Waals surface area contributed by atoms with Crippen LogP contribution < -0.4 is 0 Å². The third kappa shape index (κ3) is 2.72. The smallest absolute Gasteiger partial charge is 0.185 e. The largest absolute Gasteiger partial charge is 0.444 e. The van der Waals surface area contributed by atoms with Crippen molar-refractivity contribution in [2.24, 2.45) is 4.99 Å². The first-order chi connectivity index (χ1) is 8.31. The summed E-state index contributed by atoms with van der Waals surface area (Å²) in [4.78, 5) is 19.0. The van der Waals surface area contributed by atoms with Crippen LogP contribution in [-0.2, 0) is 0 Å². The normalized spacial score (nSPS) is 9.65. The number of thiocarbonyl (C=S) groups is 1. The van der Waals surface area contributed by atoms with Gasteiger partial charge in [0.2, 0.25) is 0 Å². The van der Waals surface area contributed by atoms with Crippen LogP contribution in [0.25, 0.3) is 11.3 Å². The van der Waals surface area contributed by atoms with Gasteiger partial charge in [0.25, 0.3) is 0 Å². The average molecular weight is 244 g/mol. The van der Waals surface area contributed by atoms with Crippen LogP contribution in [0.3, 0.4) is 0 Å². The summed E-state index contributed by atoms with van der Waals surface area (Å²) in [6, 6.07) is 7.04. The second-order valence-corrected chi connectivity index (χ2v) is 3.46. The molecular formula is C12H8N2O2S. The second-order valence-electron chi connectivity index (χ2n) is 3.27. The molecule has 0 spiro atoms. The van der Waals surface area contributed by atoms with Crippen molar-refractivity contribution >= 4 is 23.2 Å². The number of nitrogens with zero attached hydrogens (tertiary/aromatic N) is 2. The van der Waals surface area contributed by atoms with Gasteiger partial charge in [0, 0.05) is 11.1 Å². The Morgan fingerprint density at radius 2 is 2.18 bits per heavy atom. The molecule has 2 aromatic rings. The number of carbonyl (C=O) groups excluding carboxylic acids is 1. The lowest BCUT2D eigenvalue weighted by atomic mass is 10.1. The second kappa shape index (κ2) is 5.30. The fraction of sp³-hybridized carbons (Fsp3) is 0.0833. The Balaban J connectivity index is 2.18. The van der Waals surface area contributed by atoms with E-state index in [1.807, 2.05) is 0 Å². The number of isothiocyanates is 1. The number of Topliss-reactive ketones (excluding diaryl/α,β-unsaturated/α-hetero) is 1. The molecular weight excluding hydrogens is 236 g/mol. The predicted octanol–water partition coefficient (Wildman–Crippen LogP) is 2.63. The molecule has 17 heavy (non-hydrogen) atoms. The van der Waals surface area contributed by atoms with Gasteiger partial charge in [-0.15, -0.1) is 0 Å². The van der Waals surface area contributed by atoms with Gasteiger partial charge in [0.1, 0.15) is 6.54 Å². The van der Waals surface area contributed by atoms with Crippen molar-refractivity contribution in [3.05, 3.63) is 42.4 Å². The van der Waals surface area contributed by atoms with Gasteiger partial charge in [-0.1, -0.05) is 24.3 Å². The SMILES string of the molecule is O=C(CN=C=S)c1ccc(-c2cnco2)cc1. The summed E-state index contributed by atoms with van der Waals surface area (Å²) < 4.78 is 5.15. The quantitative estimate of drug-likeness (QED) is 0.471. The number of carbonyl (C=O) groups is 1. The number of hydrogen-bond donors (Lipinski definition) is 0. The van der Waals surface area contributed by atoms with Crippen LogP contribution in [-0.4, -0.2) is 22.5 Å². The maximum Gasteiger partial charge on any atom is 0.185 e. The maximum atomic E-state index is 11.6. The van der Waals surface area contributed by atoms with Gasteiger partial charge < -0.3 is 4.42 Å². The zero-order valence-electron chi connectivity index (χ0n) is 8.79. The van der Waals surface area contributed by atoms with Crippen molar-refractivity contribution < 1.29 is 9.21 Å². The topological polar surface area (TPSA) is 55.5 Å². The minimum Gasteiger partial charge on any atom is -0.444 e. The van der Waals surface area contributed by atoms with Crippen molar-refractivity contribution in [1.82, 2.24) is 4.98 Å². The van der Waals surface area contributed by atoms with Crippen LogP contribution in [0.1, 0.15) is 10.4 Å². The molecule has 0 aliphatic carbocycles. The molecule has 0 N–H and O–H groups in total. The number of aliphatic imine (C=N–C) groups is 1. The molecule has 1 aromatic carbocycles. The van der Waals surface area contributed by atoms with E-state index >= 15 is 0 Å². The van der Waals surface area contributed by atoms with E-state index in [2.05, 4.69) is 27.4 Å². The zero-order valence-corrected chi connectivity index (χ0v) is 9.61. The molecule has 0 atom stereocenters. The Hall–Kier alpha value is -2.10. The molecule has 0 saturated heterocycles. The number of benzene rings is 1. The lowest BCUT2D eigenvalue weighted by Crippen LogP contribution is -2.02. The number of oxazole rings is 1. The van der Waals surface area contributed by atoms with Gasteiger partial charge in [0.15, 0.2) is 17.9 Å². The van der Waals surface area contributed by atoms with E-state index in [1.54, 1.807) is 30.5 Å². The first kappa shape index (κ1) is 11.4. The van der Waals surface area contributed by atoms with Crippen molar-refractivity contribution in [2.45, 2.75) is 0 Å². The van der Waals surface area contributed by atoms with E-state index in [4.69, 9.17) is 4.42 Å². The Kier molecular flexibility index (Phi) is 3.55. The molecule has 0 unspecified atom stereocenters. The van der Waals surface area contributed by atoms with E-state index < -0.39 is 0 Å². The first-order valence-corrected chi connectivity index (χ1v) is 5.28. The highest BCUT2D eigenvalue weighted by Gasteiger charge is 2.06. The Labute approximate surface area is 103 Å². The first-order valence-electron chi connectivity index (χ1n) is 4.87. The molecule has 1 heterocycles. The van der Waals surface area contributed by atoms with E-state index in [0.29, 0.717) is 11.3 Å². The third-order valence-electron chi connectivity index (χ3n) is 2.21. The molecule has 0 radical (unpaired) electrons. The van der Waals surface area contributed by atoms with Crippen molar-refractivity contribution in [3.63, 3.8) is 0 Å². The Morgan fingerprint density at radius 1 is 1.41 bits per heavy atom. The van der Waals surface area contributed by atoms with Crippen LogP contribution >= 0.6 is 12.2 Å². The highest BCUT2D eigenvalue weighted by molar-refractivity contribution is 7.78. The summed E-state index contributed by atoms with van der Waals surface area (Å²) in [6.45, 7) is 0.0329. The summed E-state index contributed by atoms with van der Waals surface area (Å²) in [5.74, 6) is 0.576. The van der Waals surface area contributed by atoms with E-state index in [0.717, 1.165) is 5.56 Å². The molecule has 2 rings (SSSR count). The lowest BCUT2D eigenvalue weighted by Gasteiger charge is -1.99. The van der Waals surface area contributed by atoms with Crippen molar-refractivity contribution in [3.8, 4) is 11.3 Å². The van der Waals surface area contributed by atoms with Gasteiger partial charge in [0.05, 0.1) is 11.4 Å². The van der Waals surface area contributed by atoms with Gasteiger partial charge in [-0.2, -0.15) is 0 Å². The highest BCUT2D eigenvalue weighted by atomic mass is 32.1. The van der Waals surface area contributed by atoms with Gasteiger partial charge in [-0.05, 0) is 12.2 Å². The van der Waals surface area contributed by atoms with Crippen molar-refractivity contribution in [2.75, 3.05) is 6.54 Å². The minimum absolute atomic E-state index is 0.0329. The fourth-order valence-corrected chi connectivity index (χ4v) is 1.44. The highest BCUT2D eigenvalue weighted by Crippen LogP contribution is 2.18.